The minimum atomic E-state index is -0.101. The standard InChI is InChI=1S/C24H26N4O/c29-24(21-11-5-2-6-12-21)26-23-13-16-25-28(23)22-14-18-27(19-15-22)17-7-10-20-8-3-1-4-9-20/h1-13,16,22H,14-15,17-19H2,(H,26,29). The number of carbonyl (C=O) groups excluding carboxylic acids is 1. The van der Waals surface area contributed by atoms with Crippen LogP contribution in [0.3, 0.4) is 0 Å². The van der Waals surface area contributed by atoms with Crippen LogP contribution < -0.4 is 5.32 Å². The molecule has 0 radical (unpaired) electrons. The molecule has 2 aromatic carbocycles. The summed E-state index contributed by atoms with van der Waals surface area (Å²) in [7, 11) is 0. The van der Waals surface area contributed by atoms with Crippen molar-refractivity contribution in [2.24, 2.45) is 0 Å². The fourth-order valence-electron chi connectivity index (χ4n) is 3.73. The summed E-state index contributed by atoms with van der Waals surface area (Å²) < 4.78 is 1.97. The summed E-state index contributed by atoms with van der Waals surface area (Å²) in [4.78, 5) is 14.9. The average molecular weight is 386 g/mol. The Labute approximate surface area is 171 Å². The fourth-order valence-corrected chi connectivity index (χ4v) is 3.73. The van der Waals surface area contributed by atoms with E-state index in [1.54, 1.807) is 6.20 Å². The molecule has 1 aromatic heterocycles. The maximum atomic E-state index is 12.5. The van der Waals surface area contributed by atoms with E-state index >= 15 is 0 Å². The molecular weight excluding hydrogens is 360 g/mol. The Morgan fingerprint density at radius 2 is 1.69 bits per heavy atom. The molecule has 0 aliphatic carbocycles. The summed E-state index contributed by atoms with van der Waals surface area (Å²) in [6.45, 7) is 3.00. The van der Waals surface area contributed by atoms with Gasteiger partial charge in [-0.15, -0.1) is 0 Å². The van der Waals surface area contributed by atoms with Crippen molar-refractivity contribution in [2.75, 3.05) is 25.0 Å². The Morgan fingerprint density at radius 1 is 1.00 bits per heavy atom. The Hall–Kier alpha value is -3.18. The highest BCUT2D eigenvalue weighted by molar-refractivity contribution is 6.03. The molecule has 0 saturated carbocycles. The minimum Gasteiger partial charge on any atom is -0.307 e. The molecule has 2 heterocycles. The lowest BCUT2D eigenvalue weighted by atomic mass is 10.1. The number of carbonyl (C=O) groups is 1. The molecule has 1 aliphatic heterocycles. The maximum absolute atomic E-state index is 12.5. The Kier molecular flexibility index (Phi) is 6.17. The van der Waals surface area contributed by atoms with Crippen LogP contribution in [0.4, 0.5) is 5.82 Å². The smallest absolute Gasteiger partial charge is 0.256 e. The Bertz CT molecular complexity index is 941. The Balaban J connectivity index is 1.31. The number of hydrogen-bond acceptors (Lipinski definition) is 3. The number of likely N-dealkylation sites (tertiary alicyclic amines) is 1. The van der Waals surface area contributed by atoms with Crippen molar-refractivity contribution >= 4 is 17.8 Å². The van der Waals surface area contributed by atoms with Gasteiger partial charge in [-0.2, -0.15) is 5.10 Å². The van der Waals surface area contributed by atoms with Crippen LogP contribution in [0.5, 0.6) is 0 Å². The zero-order chi connectivity index (χ0) is 19.9. The zero-order valence-electron chi connectivity index (χ0n) is 16.4. The molecule has 0 unspecified atom stereocenters. The number of hydrogen-bond donors (Lipinski definition) is 1. The monoisotopic (exact) mass is 386 g/mol. The van der Waals surface area contributed by atoms with Gasteiger partial charge in [-0.3, -0.25) is 9.69 Å². The van der Waals surface area contributed by atoms with Crippen LogP contribution in [0.1, 0.15) is 34.8 Å². The largest absolute Gasteiger partial charge is 0.307 e. The topological polar surface area (TPSA) is 50.2 Å². The van der Waals surface area contributed by atoms with Gasteiger partial charge in [0, 0.05) is 31.3 Å². The van der Waals surface area contributed by atoms with Crippen molar-refractivity contribution in [3.63, 3.8) is 0 Å². The van der Waals surface area contributed by atoms with Gasteiger partial charge in [0.05, 0.1) is 12.2 Å². The van der Waals surface area contributed by atoms with Gasteiger partial charge in [-0.25, -0.2) is 4.68 Å². The van der Waals surface area contributed by atoms with Crippen LogP contribution in [-0.4, -0.2) is 40.2 Å². The van der Waals surface area contributed by atoms with Crippen molar-refractivity contribution < 1.29 is 4.79 Å². The lowest BCUT2D eigenvalue weighted by Crippen LogP contribution is -2.35. The molecule has 1 aliphatic rings. The molecule has 1 fully saturated rings. The van der Waals surface area contributed by atoms with E-state index in [0.717, 1.165) is 38.3 Å². The second kappa shape index (κ2) is 9.34. The van der Waals surface area contributed by atoms with Crippen LogP contribution in [0.25, 0.3) is 6.08 Å². The molecule has 29 heavy (non-hydrogen) atoms. The summed E-state index contributed by atoms with van der Waals surface area (Å²) in [6, 6.07) is 21.8. The number of rotatable bonds is 6. The van der Waals surface area contributed by atoms with Crippen LogP contribution in [0.15, 0.2) is 79.0 Å². The highest BCUT2D eigenvalue weighted by Gasteiger charge is 2.22. The van der Waals surface area contributed by atoms with Gasteiger partial charge >= 0.3 is 0 Å². The highest BCUT2D eigenvalue weighted by Crippen LogP contribution is 2.25. The summed E-state index contributed by atoms with van der Waals surface area (Å²) in [5.41, 5.74) is 1.89. The van der Waals surface area contributed by atoms with Crippen molar-refractivity contribution in [1.82, 2.24) is 14.7 Å². The number of anilines is 1. The molecule has 1 N–H and O–H groups in total. The van der Waals surface area contributed by atoms with Gasteiger partial charge in [0.1, 0.15) is 5.82 Å². The lowest BCUT2D eigenvalue weighted by molar-refractivity contribution is 0.102. The van der Waals surface area contributed by atoms with Crippen LogP contribution in [0.2, 0.25) is 0 Å². The summed E-state index contributed by atoms with van der Waals surface area (Å²) in [5.74, 6) is 0.664. The summed E-state index contributed by atoms with van der Waals surface area (Å²) >= 11 is 0. The average Bonchev–Trinajstić information content (AvgIpc) is 3.24. The second-order valence-electron chi connectivity index (χ2n) is 7.33. The first-order chi connectivity index (χ1) is 14.3. The third-order valence-electron chi connectivity index (χ3n) is 5.32. The van der Waals surface area contributed by atoms with E-state index in [1.165, 1.54) is 5.56 Å². The maximum Gasteiger partial charge on any atom is 0.256 e. The third-order valence-corrected chi connectivity index (χ3v) is 5.32. The summed E-state index contributed by atoms with van der Waals surface area (Å²) in [5, 5.41) is 7.49. The molecule has 148 valence electrons. The SMILES string of the molecule is O=C(Nc1ccnn1C1CCN(CC=Cc2ccccc2)CC1)c1ccccc1. The molecule has 1 saturated heterocycles. The molecule has 1 amide bonds. The second-order valence-corrected chi connectivity index (χ2v) is 7.33. The normalized spacial score (nSPS) is 15.6. The van der Waals surface area contributed by atoms with Gasteiger partial charge in [-0.1, -0.05) is 60.7 Å². The van der Waals surface area contributed by atoms with Crippen molar-refractivity contribution in [3.8, 4) is 0 Å². The van der Waals surface area contributed by atoms with Crippen LogP contribution in [0, 0.1) is 0 Å². The van der Waals surface area contributed by atoms with Gasteiger partial charge < -0.3 is 5.32 Å². The van der Waals surface area contributed by atoms with Crippen LogP contribution >= 0.6 is 0 Å². The molecule has 4 rings (SSSR count). The predicted molar refractivity (Wildman–Crippen MR) is 117 cm³/mol. The van der Waals surface area contributed by atoms with Gasteiger partial charge in [0.15, 0.2) is 0 Å². The number of piperidine rings is 1. The lowest BCUT2D eigenvalue weighted by Gasteiger charge is -2.32. The zero-order valence-corrected chi connectivity index (χ0v) is 16.4. The van der Waals surface area contributed by atoms with E-state index in [1.807, 2.05) is 47.1 Å². The quantitative estimate of drug-likeness (QED) is 0.679. The van der Waals surface area contributed by atoms with E-state index in [2.05, 4.69) is 51.7 Å². The first-order valence-electron chi connectivity index (χ1n) is 10.1. The molecule has 5 nitrogen and oxygen atoms in total. The molecule has 0 atom stereocenters. The highest BCUT2D eigenvalue weighted by atomic mass is 16.1. The van der Waals surface area contributed by atoms with Crippen molar-refractivity contribution in [1.29, 1.82) is 0 Å². The molecular formula is C24H26N4O. The number of nitrogens with zero attached hydrogens (tertiary/aromatic N) is 3. The first-order valence-corrected chi connectivity index (χ1v) is 10.1. The van der Waals surface area contributed by atoms with Gasteiger partial charge in [0.2, 0.25) is 0 Å². The van der Waals surface area contributed by atoms with Crippen molar-refractivity contribution in [2.45, 2.75) is 18.9 Å². The van der Waals surface area contributed by atoms with E-state index in [-0.39, 0.29) is 5.91 Å². The van der Waals surface area contributed by atoms with E-state index < -0.39 is 0 Å². The predicted octanol–water partition coefficient (Wildman–Crippen LogP) is 4.49. The van der Waals surface area contributed by atoms with E-state index in [4.69, 9.17) is 0 Å². The number of aromatic nitrogens is 2. The molecule has 0 spiro atoms. The minimum absolute atomic E-state index is 0.101. The van der Waals surface area contributed by atoms with E-state index in [9.17, 15) is 4.79 Å². The van der Waals surface area contributed by atoms with Crippen molar-refractivity contribution in [3.05, 3.63) is 90.1 Å². The van der Waals surface area contributed by atoms with E-state index in [0.29, 0.717) is 11.6 Å². The molecule has 0 bridgehead atoms. The molecule has 5 heteroatoms. The fraction of sp³-hybridized carbons (Fsp3) is 0.250. The van der Waals surface area contributed by atoms with Gasteiger partial charge in [-0.05, 0) is 30.5 Å². The number of amides is 1. The molecule has 3 aromatic rings. The third kappa shape index (κ3) is 5.00. The number of benzene rings is 2. The van der Waals surface area contributed by atoms with Gasteiger partial charge in [0.25, 0.3) is 5.91 Å². The summed E-state index contributed by atoms with van der Waals surface area (Å²) in [6.07, 6.45) is 8.21. The van der Waals surface area contributed by atoms with Crippen LogP contribution in [-0.2, 0) is 0 Å². The Morgan fingerprint density at radius 3 is 2.41 bits per heavy atom. The first kappa shape index (κ1) is 19.2. The number of nitrogens with one attached hydrogen (secondary N) is 1.